The molecular weight excluding hydrogens is 206 g/mol. The standard InChI is InChI=1S/C11H19N3S/c1-3-11-13-7-10(15-11)6-12-9-4-5-14(2)8-9/h7,9,12H,3-6,8H2,1-2H3. The summed E-state index contributed by atoms with van der Waals surface area (Å²) in [7, 11) is 2.18. The molecule has 1 aromatic heterocycles. The summed E-state index contributed by atoms with van der Waals surface area (Å²) in [5, 5.41) is 4.84. The van der Waals surface area contributed by atoms with E-state index in [-0.39, 0.29) is 0 Å². The molecule has 1 saturated heterocycles. The molecule has 1 aliphatic rings. The quantitative estimate of drug-likeness (QED) is 0.841. The first-order chi connectivity index (χ1) is 7.28. The van der Waals surface area contributed by atoms with Gasteiger partial charge in [0.15, 0.2) is 0 Å². The number of nitrogens with one attached hydrogen (secondary N) is 1. The van der Waals surface area contributed by atoms with Gasteiger partial charge in [0.1, 0.15) is 0 Å². The van der Waals surface area contributed by atoms with Crippen molar-refractivity contribution < 1.29 is 0 Å². The highest BCUT2D eigenvalue weighted by Gasteiger charge is 2.18. The van der Waals surface area contributed by atoms with Gasteiger partial charge in [-0.2, -0.15) is 0 Å². The molecule has 0 radical (unpaired) electrons. The molecule has 0 bridgehead atoms. The highest BCUT2D eigenvalue weighted by molar-refractivity contribution is 7.11. The van der Waals surface area contributed by atoms with E-state index in [4.69, 9.17) is 0 Å². The van der Waals surface area contributed by atoms with E-state index in [9.17, 15) is 0 Å². The molecule has 0 saturated carbocycles. The minimum atomic E-state index is 0.669. The summed E-state index contributed by atoms with van der Waals surface area (Å²) in [6.07, 6.45) is 4.34. The van der Waals surface area contributed by atoms with Crippen molar-refractivity contribution in [2.24, 2.45) is 0 Å². The predicted octanol–water partition coefficient (Wildman–Crippen LogP) is 1.50. The van der Waals surface area contributed by atoms with Crippen molar-refractivity contribution in [2.45, 2.75) is 32.4 Å². The molecule has 15 heavy (non-hydrogen) atoms. The van der Waals surface area contributed by atoms with E-state index in [2.05, 4.69) is 29.2 Å². The molecule has 2 rings (SSSR count). The van der Waals surface area contributed by atoms with E-state index in [1.165, 1.54) is 29.4 Å². The Labute approximate surface area is 95.5 Å². The minimum absolute atomic E-state index is 0.669. The maximum atomic E-state index is 4.36. The number of likely N-dealkylation sites (N-methyl/N-ethyl adjacent to an activating group) is 1. The van der Waals surface area contributed by atoms with Crippen molar-refractivity contribution in [3.8, 4) is 0 Å². The predicted molar refractivity (Wildman–Crippen MR) is 64.2 cm³/mol. The third kappa shape index (κ3) is 3.00. The summed E-state index contributed by atoms with van der Waals surface area (Å²) in [5.74, 6) is 0. The zero-order valence-corrected chi connectivity index (χ0v) is 10.3. The van der Waals surface area contributed by atoms with Gasteiger partial charge >= 0.3 is 0 Å². The van der Waals surface area contributed by atoms with Gasteiger partial charge in [-0.15, -0.1) is 11.3 Å². The Balaban J connectivity index is 1.77. The molecule has 4 heteroatoms. The van der Waals surface area contributed by atoms with Crippen LogP contribution in [0.5, 0.6) is 0 Å². The number of aryl methyl sites for hydroxylation is 1. The molecule has 1 unspecified atom stereocenters. The van der Waals surface area contributed by atoms with E-state index in [1.54, 1.807) is 0 Å². The summed E-state index contributed by atoms with van der Waals surface area (Å²) >= 11 is 1.83. The second-order valence-corrected chi connectivity index (χ2v) is 5.40. The first-order valence-electron chi connectivity index (χ1n) is 5.63. The molecule has 1 N–H and O–H groups in total. The lowest BCUT2D eigenvalue weighted by atomic mass is 10.2. The number of hydrogen-bond donors (Lipinski definition) is 1. The van der Waals surface area contributed by atoms with Gasteiger partial charge in [-0.05, 0) is 26.4 Å². The fraction of sp³-hybridized carbons (Fsp3) is 0.727. The lowest BCUT2D eigenvalue weighted by molar-refractivity contribution is 0.398. The van der Waals surface area contributed by atoms with E-state index < -0.39 is 0 Å². The van der Waals surface area contributed by atoms with Gasteiger partial charge in [0.25, 0.3) is 0 Å². The van der Waals surface area contributed by atoms with Gasteiger partial charge in [-0.25, -0.2) is 4.98 Å². The molecular formula is C11H19N3S. The number of likely N-dealkylation sites (tertiary alicyclic amines) is 1. The lowest BCUT2D eigenvalue weighted by Crippen LogP contribution is -2.30. The fourth-order valence-electron chi connectivity index (χ4n) is 1.94. The third-order valence-electron chi connectivity index (χ3n) is 2.86. The smallest absolute Gasteiger partial charge is 0.0925 e. The molecule has 1 aliphatic heterocycles. The summed E-state index contributed by atoms with van der Waals surface area (Å²) in [6, 6.07) is 0.669. The van der Waals surface area contributed by atoms with Crippen LogP contribution in [0.25, 0.3) is 0 Å². The van der Waals surface area contributed by atoms with Crippen molar-refractivity contribution in [3.63, 3.8) is 0 Å². The Morgan fingerprint density at radius 3 is 3.13 bits per heavy atom. The van der Waals surface area contributed by atoms with Crippen molar-refractivity contribution in [2.75, 3.05) is 20.1 Å². The van der Waals surface area contributed by atoms with Crippen LogP contribution in [0.3, 0.4) is 0 Å². The summed E-state index contributed by atoms with van der Waals surface area (Å²) in [5.41, 5.74) is 0. The van der Waals surface area contributed by atoms with Crippen LogP contribution in [0.4, 0.5) is 0 Å². The number of hydrogen-bond acceptors (Lipinski definition) is 4. The maximum absolute atomic E-state index is 4.36. The van der Waals surface area contributed by atoms with Gasteiger partial charge in [0.05, 0.1) is 5.01 Å². The normalized spacial score (nSPS) is 22.4. The van der Waals surface area contributed by atoms with Crippen molar-refractivity contribution in [1.82, 2.24) is 15.2 Å². The van der Waals surface area contributed by atoms with Gasteiger partial charge in [-0.1, -0.05) is 6.92 Å². The average molecular weight is 225 g/mol. The van der Waals surface area contributed by atoms with E-state index >= 15 is 0 Å². The molecule has 0 aromatic carbocycles. The second kappa shape index (κ2) is 5.05. The van der Waals surface area contributed by atoms with Crippen LogP contribution in [-0.2, 0) is 13.0 Å². The number of nitrogens with zero attached hydrogens (tertiary/aromatic N) is 2. The molecule has 2 heterocycles. The Kier molecular flexibility index (Phi) is 3.72. The summed E-state index contributed by atoms with van der Waals surface area (Å²) in [6.45, 7) is 5.54. The molecule has 3 nitrogen and oxygen atoms in total. The van der Waals surface area contributed by atoms with E-state index in [1.807, 2.05) is 17.5 Å². The molecule has 0 amide bonds. The first-order valence-corrected chi connectivity index (χ1v) is 6.45. The zero-order valence-electron chi connectivity index (χ0n) is 9.49. The Morgan fingerprint density at radius 1 is 1.67 bits per heavy atom. The highest BCUT2D eigenvalue weighted by Crippen LogP contribution is 2.14. The second-order valence-electron chi connectivity index (χ2n) is 4.20. The van der Waals surface area contributed by atoms with Gasteiger partial charge < -0.3 is 10.2 Å². The molecule has 1 fully saturated rings. The Hall–Kier alpha value is -0.450. The first kappa shape index (κ1) is 11.0. The average Bonchev–Trinajstić information content (AvgIpc) is 2.83. The van der Waals surface area contributed by atoms with Crippen LogP contribution in [0.1, 0.15) is 23.2 Å². The van der Waals surface area contributed by atoms with Crippen molar-refractivity contribution in [3.05, 3.63) is 16.1 Å². The molecule has 0 spiro atoms. The van der Waals surface area contributed by atoms with Crippen LogP contribution in [0.15, 0.2) is 6.20 Å². The number of rotatable bonds is 4. The lowest BCUT2D eigenvalue weighted by Gasteiger charge is -2.11. The van der Waals surface area contributed by atoms with Crippen LogP contribution >= 0.6 is 11.3 Å². The highest BCUT2D eigenvalue weighted by atomic mass is 32.1. The number of aromatic nitrogens is 1. The Bertz CT molecular complexity index is 311. The zero-order chi connectivity index (χ0) is 10.7. The monoisotopic (exact) mass is 225 g/mol. The van der Waals surface area contributed by atoms with Crippen LogP contribution < -0.4 is 5.32 Å². The van der Waals surface area contributed by atoms with Crippen LogP contribution in [-0.4, -0.2) is 36.1 Å². The van der Waals surface area contributed by atoms with Crippen molar-refractivity contribution >= 4 is 11.3 Å². The topological polar surface area (TPSA) is 28.2 Å². The molecule has 1 atom stereocenters. The number of thiazole rings is 1. The summed E-state index contributed by atoms with van der Waals surface area (Å²) < 4.78 is 0. The minimum Gasteiger partial charge on any atom is -0.308 e. The molecule has 0 aliphatic carbocycles. The van der Waals surface area contributed by atoms with Crippen LogP contribution in [0.2, 0.25) is 0 Å². The SMILES string of the molecule is CCc1ncc(CNC2CCN(C)C2)s1. The third-order valence-corrected chi connectivity index (χ3v) is 4.00. The van der Waals surface area contributed by atoms with Gasteiger partial charge in [0, 0.05) is 30.2 Å². The van der Waals surface area contributed by atoms with Gasteiger partial charge in [0.2, 0.25) is 0 Å². The van der Waals surface area contributed by atoms with Crippen molar-refractivity contribution in [1.29, 1.82) is 0 Å². The summed E-state index contributed by atoms with van der Waals surface area (Å²) in [4.78, 5) is 8.10. The Morgan fingerprint density at radius 2 is 2.53 bits per heavy atom. The molecule has 84 valence electrons. The van der Waals surface area contributed by atoms with Gasteiger partial charge in [-0.3, -0.25) is 0 Å². The van der Waals surface area contributed by atoms with E-state index in [0.29, 0.717) is 6.04 Å². The molecule has 1 aromatic rings. The maximum Gasteiger partial charge on any atom is 0.0925 e. The van der Waals surface area contributed by atoms with E-state index in [0.717, 1.165) is 13.0 Å². The fourth-order valence-corrected chi connectivity index (χ4v) is 2.75. The largest absolute Gasteiger partial charge is 0.308 e. The van der Waals surface area contributed by atoms with Crippen LogP contribution in [0, 0.1) is 0 Å².